The molecule has 3 rings (SSSR count). The number of hydrogen-bond acceptors (Lipinski definition) is 2. The first-order chi connectivity index (χ1) is 9.38. The molecule has 0 aliphatic carbocycles. The van der Waals surface area contributed by atoms with Crippen LogP contribution < -0.4 is 5.32 Å². The van der Waals surface area contributed by atoms with Gasteiger partial charge in [-0.2, -0.15) is 0 Å². The number of para-hydroxylation sites is 1. The highest BCUT2D eigenvalue weighted by Crippen LogP contribution is 2.21. The van der Waals surface area contributed by atoms with E-state index in [1.165, 1.54) is 29.3 Å². The van der Waals surface area contributed by atoms with E-state index in [-0.39, 0.29) is 0 Å². The maximum Gasteiger partial charge on any atom is 0.0700 e. The minimum atomic E-state index is 0.416. The van der Waals surface area contributed by atoms with Crippen LogP contribution in [0.4, 0.5) is 0 Å². The number of ether oxygens (including phenoxy) is 1. The van der Waals surface area contributed by atoms with Crippen LogP contribution in [0.15, 0.2) is 30.5 Å². The number of nitrogens with one attached hydrogen (secondary N) is 1. The highest BCUT2D eigenvalue weighted by Gasteiger charge is 2.15. The van der Waals surface area contributed by atoms with Crippen molar-refractivity contribution in [3.05, 3.63) is 36.0 Å². The van der Waals surface area contributed by atoms with E-state index in [9.17, 15) is 0 Å². The predicted octanol–water partition coefficient (Wildman–Crippen LogP) is 2.93. The zero-order valence-electron chi connectivity index (χ0n) is 11.6. The van der Waals surface area contributed by atoms with Crippen LogP contribution in [-0.2, 0) is 17.8 Å². The first kappa shape index (κ1) is 12.7. The SMILES string of the molecule is CCn1cc(CNC[C@H]2CCCO2)c2ccccc21. The quantitative estimate of drug-likeness (QED) is 0.892. The van der Waals surface area contributed by atoms with Gasteiger partial charge >= 0.3 is 0 Å². The predicted molar refractivity (Wildman–Crippen MR) is 78.3 cm³/mol. The lowest BCUT2D eigenvalue weighted by Crippen LogP contribution is -2.25. The summed E-state index contributed by atoms with van der Waals surface area (Å²) in [4.78, 5) is 0. The minimum Gasteiger partial charge on any atom is -0.377 e. The van der Waals surface area contributed by atoms with Crippen molar-refractivity contribution in [1.82, 2.24) is 9.88 Å². The number of aromatic nitrogens is 1. The average molecular weight is 258 g/mol. The molecule has 102 valence electrons. The number of hydrogen-bond donors (Lipinski definition) is 1. The smallest absolute Gasteiger partial charge is 0.0700 e. The van der Waals surface area contributed by atoms with Crippen molar-refractivity contribution in [2.45, 2.75) is 39.0 Å². The molecule has 1 aromatic carbocycles. The lowest BCUT2D eigenvalue weighted by molar-refractivity contribution is 0.110. The van der Waals surface area contributed by atoms with Gasteiger partial charge in [0, 0.05) is 43.3 Å². The lowest BCUT2D eigenvalue weighted by atomic mass is 10.1. The second-order valence-electron chi connectivity index (χ2n) is 5.22. The molecule has 2 heterocycles. The van der Waals surface area contributed by atoms with E-state index >= 15 is 0 Å². The monoisotopic (exact) mass is 258 g/mol. The minimum absolute atomic E-state index is 0.416. The second-order valence-corrected chi connectivity index (χ2v) is 5.22. The summed E-state index contributed by atoms with van der Waals surface area (Å²) in [5.74, 6) is 0. The molecule has 1 aliphatic heterocycles. The Morgan fingerprint density at radius 1 is 1.37 bits per heavy atom. The summed E-state index contributed by atoms with van der Waals surface area (Å²) in [6.07, 6.45) is 5.10. The van der Waals surface area contributed by atoms with Gasteiger partial charge in [-0.25, -0.2) is 0 Å². The Hall–Kier alpha value is -1.32. The molecule has 1 fully saturated rings. The molecule has 19 heavy (non-hydrogen) atoms. The van der Waals surface area contributed by atoms with Crippen molar-refractivity contribution in [2.24, 2.45) is 0 Å². The van der Waals surface area contributed by atoms with Crippen molar-refractivity contribution >= 4 is 10.9 Å². The molecule has 1 atom stereocenters. The van der Waals surface area contributed by atoms with Gasteiger partial charge < -0.3 is 14.6 Å². The van der Waals surface area contributed by atoms with Gasteiger partial charge in [0.25, 0.3) is 0 Å². The Morgan fingerprint density at radius 3 is 3.05 bits per heavy atom. The first-order valence-corrected chi connectivity index (χ1v) is 7.27. The van der Waals surface area contributed by atoms with Crippen LogP contribution >= 0.6 is 0 Å². The maximum atomic E-state index is 5.64. The van der Waals surface area contributed by atoms with Crippen LogP contribution in [0, 0.1) is 0 Å². The molecule has 1 saturated heterocycles. The van der Waals surface area contributed by atoms with Gasteiger partial charge in [-0.15, -0.1) is 0 Å². The van der Waals surface area contributed by atoms with Gasteiger partial charge in [0.1, 0.15) is 0 Å². The lowest BCUT2D eigenvalue weighted by Gasteiger charge is -2.10. The van der Waals surface area contributed by atoms with Gasteiger partial charge in [-0.1, -0.05) is 18.2 Å². The summed E-state index contributed by atoms with van der Waals surface area (Å²) in [5, 5.41) is 4.90. The Bertz CT molecular complexity index is 541. The molecule has 3 heteroatoms. The first-order valence-electron chi connectivity index (χ1n) is 7.27. The molecule has 0 unspecified atom stereocenters. The summed E-state index contributed by atoms with van der Waals surface area (Å²) in [6, 6.07) is 8.64. The van der Waals surface area contributed by atoms with E-state index in [1.54, 1.807) is 0 Å². The standard InChI is InChI=1S/C16H22N2O/c1-2-18-12-13(15-7-3-4-8-16(15)18)10-17-11-14-6-5-9-19-14/h3-4,7-8,12,14,17H,2,5-6,9-11H2,1H3/t14-/m1/s1. The fourth-order valence-electron chi connectivity index (χ4n) is 2.90. The van der Waals surface area contributed by atoms with E-state index in [0.29, 0.717) is 6.10 Å². The van der Waals surface area contributed by atoms with E-state index in [1.807, 2.05) is 0 Å². The second kappa shape index (κ2) is 5.76. The molecule has 0 amide bonds. The highest BCUT2D eigenvalue weighted by atomic mass is 16.5. The third kappa shape index (κ3) is 2.67. The molecule has 0 bridgehead atoms. The molecule has 0 saturated carbocycles. The fraction of sp³-hybridized carbons (Fsp3) is 0.500. The molecule has 0 radical (unpaired) electrons. The molecule has 1 N–H and O–H groups in total. The van der Waals surface area contributed by atoms with Gasteiger partial charge in [-0.05, 0) is 31.4 Å². The van der Waals surface area contributed by atoms with Crippen molar-refractivity contribution in [3.63, 3.8) is 0 Å². The molecule has 1 aromatic heterocycles. The number of rotatable bonds is 5. The summed E-state index contributed by atoms with van der Waals surface area (Å²) >= 11 is 0. The van der Waals surface area contributed by atoms with Crippen molar-refractivity contribution in [2.75, 3.05) is 13.2 Å². The molecule has 2 aromatic rings. The van der Waals surface area contributed by atoms with Crippen molar-refractivity contribution in [3.8, 4) is 0 Å². The van der Waals surface area contributed by atoms with Crippen molar-refractivity contribution < 1.29 is 4.74 Å². The Morgan fingerprint density at radius 2 is 2.26 bits per heavy atom. The molecular weight excluding hydrogens is 236 g/mol. The zero-order chi connectivity index (χ0) is 13.1. The number of aryl methyl sites for hydroxylation is 1. The molecule has 0 spiro atoms. The van der Waals surface area contributed by atoms with Crippen LogP contribution in [0.25, 0.3) is 10.9 Å². The Balaban J connectivity index is 1.69. The normalized spacial score (nSPS) is 19.3. The molecule has 3 nitrogen and oxygen atoms in total. The van der Waals surface area contributed by atoms with Crippen LogP contribution in [0.5, 0.6) is 0 Å². The largest absolute Gasteiger partial charge is 0.377 e. The summed E-state index contributed by atoms with van der Waals surface area (Å²) < 4.78 is 7.95. The zero-order valence-corrected chi connectivity index (χ0v) is 11.6. The summed E-state index contributed by atoms with van der Waals surface area (Å²) in [7, 11) is 0. The Kier molecular flexibility index (Phi) is 3.85. The van der Waals surface area contributed by atoms with Gasteiger partial charge in [0.05, 0.1) is 6.10 Å². The van der Waals surface area contributed by atoms with Gasteiger partial charge in [-0.3, -0.25) is 0 Å². The molecular formula is C16H22N2O. The van der Waals surface area contributed by atoms with E-state index in [2.05, 4.69) is 47.3 Å². The Labute approximate surface area is 114 Å². The molecule has 1 aliphatic rings. The van der Waals surface area contributed by atoms with Crippen LogP contribution in [-0.4, -0.2) is 23.8 Å². The van der Waals surface area contributed by atoms with Gasteiger partial charge in [0.2, 0.25) is 0 Å². The topological polar surface area (TPSA) is 26.2 Å². The average Bonchev–Trinajstić information content (AvgIpc) is 3.07. The van der Waals surface area contributed by atoms with E-state index in [4.69, 9.17) is 4.74 Å². The van der Waals surface area contributed by atoms with Gasteiger partial charge in [0.15, 0.2) is 0 Å². The van der Waals surface area contributed by atoms with Crippen LogP contribution in [0.3, 0.4) is 0 Å². The van der Waals surface area contributed by atoms with Crippen LogP contribution in [0.2, 0.25) is 0 Å². The number of fused-ring (bicyclic) bond motifs is 1. The van der Waals surface area contributed by atoms with Crippen molar-refractivity contribution in [1.29, 1.82) is 0 Å². The number of benzene rings is 1. The summed E-state index contributed by atoms with van der Waals surface area (Å²) in [5.41, 5.74) is 2.72. The fourth-order valence-corrected chi connectivity index (χ4v) is 2.90. The van der Waals surface area contributed by atoms with Crippen LogP contribution in [0.1, 0.15) is 25.3 Å². The summed E-state index contributed by atoms with van der Waals surface area (Å²) in [6.45, 7) is 6.03. The maximum absolute atomic E-state index is 5.64. The third-order valence-corrected chi connectivity index (χ3v) is 3.92. The third-order valence-electron chi connectivity index (χ3n) is 3.92. The van der Waals surface area contributed by atoms with E-state index in [0.717, 1.165) is 26.2 Å². The van der Waals surface area contributed by atoms with E-state index < -0.39 is 0 Å². The highest BCUT2D eigenvalue weighted by molar-refractivity contribution is 5.83. The number of nitrogens with zero attached hydrogens (tertiary/aromatic N) is 1.